The first-order chi connectivity index (χ1) is 15.1. The third kappa shape index (κ3) is 4.23. The molecule has 0 saturated carbocycles. The van der Waals surface area contributed by atoms with Crippen LogP contribution in [0.2, 0.25) is 0 Å². The van der Waals surface area contributed by atoms with E-state index in [2.05, 4.69) is 30.8 Å². The van der Waals surface area contributed by atoms with Crippen molar-refractivity contribution in [3.05, 3.63) is 77.4 Å². The molecule has 0 bridgehead atoms. The van der Waals surface area contributed by atoms with Gasteiger partial charge in [-0.3, -0.25) is 5.10 Å². The summed E-state index contributed by atoms with van der Waals surface area (Å²) >= 11 is 0. The highest BCUT2D eigenvalue weighted by molar-refractivity contribution is 5.76. The molecule has 2 amide bonds. The van der Waals surface area contributed by atoms with E-state index in [1.54, 1.807) is 12.1 Å². The molecular formula is C23H24N6O2. The van der Waals surface area contributed by atoms with Gasteiger partial charge >= 0.3 is 6.03 Å². The van der Waals surface area contributed by atoms with Crippen LogP contribution in [0.4, 0.5) is 4.79 Å². The Morgan fingerprint density at radius 2 is 2.03 bits per heavy atom. The van der Waals surface area contributed by atoms with Crippen LogP contribution in [0.3, 0.4) is 0 Å². The van der Waals surface area contributed by atoms with Gasteiger partial charge in [0.15, 0.2) is 0 Å². The summed E-state index contributed by atoms with van der Waals surface area (Å²) in [5.74, 6) is 0.913. The fraction of sp³-hybridized carbons (Fsp3) is 0.261. The van der Waals surface area contributed by atoms with E-state index >= 15 is 0 Å². The van der Waals surface area contributed by atoms with Crippen LogP contribution in [-0.4, -0.2) is 37.3 Å². The zero-order valence-corrected chi connectivity index (χ0v) is 16.9. The number of rotatable bonds is 5. The normalized spacial score (nSPS) is 16.6. The number of imidazole rings is 1. The summed E-state index contributed by atoms with van der Waals surface area (Å²) < 4.78 is 0. The lowest BCUT2D eigenvalue weighted by atomic mass is 9.94. The summed E-state index contributed by atoms with van der Waals surface area (Å²) in [6.45, 7) is 0. The highest BCUT2D eigenvalue weighted by Gasteiger charge is 2.24. The third-order valence-electron chi connectivity index (χ3n) is 5.77. The summed E-state index contributed by atoms with van der Waals surface area (Å²) in [5.41, 5.74) is 5.09. The number of carbonyl (C=O) groups is 1. The number of urea groups is 1. The molecule has 0 radical (unpaired) electrons. The van der Waals surface area contributed by atoms with Gasteiger partial charge in [-0.25, -0.2) is 9.78 Å². The van der Waals surface area contributed by atoms with Gasteiger partial charge in [-0.05, 0) is 61.1 Å². The summed E-state index contributed by atoms with van der Waals surface area (Å²) in [4.78, 5) is 20.9. The molecule has 8 nitrogen and oxygen atoms in total. The van der Waals surface area contributed by atoms with E-state index < -0.39 is 0 Å². The van der Waals surface area contributed by atoms with Crippen LogP contribution < -0.4 is 10.6 Å². The molecule has 158 valence electrons. The SMILES string of the molecule is O=C(NC1CCc2[nH]ncc2C1)NC(Cc1ccc(O)cc1)c1nc2ccccc2[nH]1. The molecule has 31 heavy (non-hydrogen) atoms. The van der Waals surface area contributed by atoms with Crippen molar-refractivity contribution < 1.29 is 9.90 Å². The lowest BCUT2D eigenvalue weighted by molar-refractivity contribution is 0.231. The highest BCUT2D eigenvalue weighted by Crippen LogP contribution is 2.22. The van der Waals surface area contributed by atoms with Gasteiger partial charge in [-0.2, -0.15) is 5.10 Å². The van der Waals surface area contributed by atoms with Crippen molar-refractivity contribution in [1.82, 2.24) is 30.8 Å². The molecule has 1 aliphatic rings. The zero-order chi connectivity index (χ0) is 21.2. The largest absolute Gasteiger partial charge is 0.508 e. The summed E-state index contributed by atoms with van der Waals surface area (Å²) in [5, 5.41) is 22.9. The van der Waals surface area contributed by atoms with Crippen molar-refractivity contribution in [2.45, 2.75) is 37.8 Å². The number of benzene rings is 2. The van der Waals surface area contributed by atoms with Crippen molar-refractivity contribution in [3.63, 3.8) is 0 Å². The second-order valence-corrected chi connectivity index (χ2v) is 7.99. The maximum absolute atomic E-state index is 12.9. The minimum atomic E-state index is -0.343. The van der Waals surface area contributed by atoms with Crippen molar-refractivity contribution >= 4 is 17.1 Å². The number of aromatic nitrogens is 4. The van der Waals surface area contributed by atoms with Crippen LogP contribution in [0, 0.1) is 0 Å². The second-order valence-electron chi connectivity index (χ2n) is 7.99. The predicted octanol–water partition coefficient (Wildman–Crippen LogP) is 3.13. The number of para-hydroxylation sites is 2. The molecule has 1 aliphatic carbocycles. The van der Waals surface area contributed by atoms with Crippen LogP contribution in [0.25, 0.3) is 11.0 Å². The van der Waals surface area contributed by atoms with Crippen LogP contribution in [0.15, 0.2) is 54.7 Å². The van der Waals surface area contributed by atoms with Gasteiger partial charge in [-0.15, -0.1) is 0 Å². The number of aryl methyl sites for hydroxylation is 1. The highest BCUT2D eigenvalue weighted by atomic mass is 16.3. The monoisotopic (exact) mass is 416 g/mol. The third-order valence-corrected chi connectivity index (χ3v) is 5.77. The number of carbonyl (C=O) groups excluding carboxylic acids is 1. The molecule has 4 aromatic rings. The minimum Gasteiger partial charge on any atom is -0.508 e. The number of fused-ring (bicyclic) bond motifs is 2. The molecule has 2 aromatic heterocycles. The first kappa shape index (κ1) is 19.2. The number of phenolic OH excluding ortho intramolecular Hbond substituents is 1. The standard InChI is InChI=1S/C23H24N6O2/c30-17-8-5-14(6-9-17)11-21(22-26-19-3-1-2-4-20(19)27-22)28-23(31)25-16-7-10-18-15(12-16)13-24-29-18/h1-6,8-9,13,16,21,30H,7,10-12H2,(H,24,29)(H,26,27)(H2,25,28,31). The summed E-state index contributed by atoms with van der Waals surface area (Å²) in [7, 11) is 0. The van der Waals surface area contributed by atoms with Crippen LogP contribution in [0.1, 0.15) is 35.1 Å². The molecule has 2 heterocycles. The van der Waals surface area contributed by atoms with Crippen molar-refractivity contribution in [3.8, 4) is 5.75 Å². The van der Waals surface area contributed by atoms with E-state index in [0.717, 1.165) is 47.1 Å². The molecule has 2 atom stereocenters. The van der Waals surface area contributed by atoms with Gasteiger partial charge < -0.3 is 20.7 Å². The van der Waals surface area contributed by atoms with Gasteiger partial charge in [-0.1, -0.05) is 24.3 Å². The van der Waals surface area contributed by atoms with Crippen molar-refractivity contribution in [2.75, 3.05) is 0 Å². The van der Waals surface area contributed by atoms with Crippen LogP contribution in [-0.2, 0) is 19.3 Å². The number of aromatic hydroxyl groups is 1. The number of amides is 2. The Labute approximate surface area is 179 Å². The molecular weight excluding hydrogens is 392 g/mol. The van der Waals surface area contributed by atoms with E-state index in [9.17, 15) is 9.90 Å². The fourth-order valence-electron chi connectivity index (χ4n) is 4.15. The average Bonchev–Trinajstić information content (AvgIpc) is 3.41. The van der Waals surface area contributed by atoms with E-state index in [4.69, 9.17) is 0 Å². The van der Waals surface area contributed by atoms with Gasteiger partial charge in [0.25, 0.3) is 0 Å². The minimum absolute atomic E-state index is 0.0649. The number of nitrogens with zero attached hydrogens (tertiary/aromatic N) is 2. The van der Waals surface area contributed by atoms with Crippen molar-refractivity contribution in [1.29, 1.82) is 0 Å². The molecule has 2 aromatic carbocycles. The molecule has 5 rings (SSSR count). The lowest BCUT2D eigenvalue weighted by Crippen LogP contribution is -2.46. The Bertz CT molecular complexity index is 1160. The zero-order valence-electron chi connectivity index (χ0n) is 16.9. The van der Waals surface area contributed by atoms with Gasteiger partial charge in [0, 0.05) is 11.7 Å². The Kier molecular flexibility index (Phi) is 5.03. The smallest absolute Gasteiger partial charge is 0.315 e. The van der Waals surface area contributed by atoms with Gasteiger partial charge in [0.2, 0.25) is 0 Å². The molecule has 2 unspecified atom stereocenters. The molecule has 0 fully saturated rings. The van der Waals surface area contributed by atoms with Gasteiger partial charge in [0.1, 0.15) is 11.6 Å². The van der Waals surface area contributed by atoms with Crippen LogP contribution >= 0.6 is 0 Å². The number of hydrogen-bond donors (Lipinski definition) is 5. The Balaban J connectivity index is 1.33. The van der Waals surface area contributed by atoms with Crippen LogP contribution in [0.5, 0.6) is 5.75 Å². The first-order valence-corrected chi connectivity index (χ1v) is 10.4. The summed E-state index contributed by atoms with van der Waals surface area (Å²) in [6, 6.07) is 14.3. The number of phenols is 1. The topological polar surface area (TPSA) is 119 Å². The summed E-state index contributed by atoms with van der Waals surface area (Å²) in [6.07, 6.45) is 4.90. The van der Waals surface area contributed by atoms with E-state index in [-0.39, 0.29) is 23.9 Å². The number of H-pyrrole nitrogens is 2. The predicted molar refractivity (Wildman–Crippen MR) is 117 cm³/mol. The molecule has 0 aliphatic heterocycles. The van der Waals surface area contributed by atoms with Gasteiger partial charge in [0.05, 0.1) is 23.3 Å². The Morgan fingerprint density at radius 3 is 2.87 bits per heavy atom. The molecule has 8 heteroatoms. The fourth-order valence-corrected chi connectivity index (χ4v) is 4.15. The van der Waals surface area contributed by atoms with E-state index in [1.165, 1.54) is 0 Å². The Morgan fingerprint density at radius 1 is 1.19 bits per heavy atom. The Hall–Kier alpha value is -3.81. The second kappa shape index (κ2) is 8.14. The molecule has 0 saturated heterocycles. The number of hydrogen-bond acceptors (Lipinski definition) is 4. The number of aromatic amines is 2. The van der Waals surface area contributed by atoms with Crippen molar-refractivity contribution in [2.24, 2.45) is 0 Å². The number of nitrogens with one attached hydrogen (secondary N) is 4. The van der Waals surface area contributed by atoms with E-state index in [0.29, 0.717) is 12.2 Å². The maximum Gasteiger partial charge on any atom is 0.315 e. The first-order valence-electron chi connectivity index (χ1n) is 10.4. The maximum atomic E-state index is 12.9. The molecule has 0 spiro atoms. The average molecular weight is 416 g/mol. The molecule has 5 N–H and O–H groups in total. The lowest BCUT2D eigenvalue weighted by Gasteiger charge is -2.24. The van der Waals surface area contributed by atoms with E-state index in [1.807, 2.05) is 42.6 Å². The quantitative estimate of drug-likeness (QED) is 0.343.